The van der Waals surface area contributed by atoms with Gasteiger partial charge in [-0.15, -0.1) is 0 Å². The molecule has 2 aromatic rings. The maximum Gasteiger partial charge on any atom is 0.139 e. The van der Waals surface area contributed by atoms with Crippen molar-refractivity contribution in [3.63, 3.8) is 0 Å². The van der Waals surface area contributed by atoms with Crippen LogP contribution < -0.4 is 5.32 Å². The zero-order chi connectivity index (χ0) is 12.6. The van der Waals surface area contributed by atoms with E-state index in [1.54, 1.807) is 0 Å². The van der Waals surface area contributed by atoms with Crippen LogP contribution in [0.15, 0.2) is 16.5 Å². The molecule has 1 heterocycles. The first-order valence-electron chi connectivity index (χ1n) is 5.97. The molecule has 1 unspecified atom stereocenters. The molecule has 0 amide bonds. The van der Waals surface area contributed by atoms with Gasteiger partial charge in [0.05, 0.1) is 11.1 Å². The summed E-state index contributed by atoms with van der Waals surface area (Å²) >= 11 is 6.25. The average Bonchev–Trinajstić information content (AvgIpc) is 2.63. The van der Waals surface area contributed by atoms with Gasteiger partial charge in [-0.05, 0) is 38.9 Å². The lowest BCUT2D eigenvalue weighted by molar-refractivity contribution is 0.455. The predicted molar refractivity (Wildman–Crippen MR) is 72.8 cm³/mol. The molecule has 0 radical (unpaired) electrons. The van der Waals surface area contributed by atoms with Crippen LogP contribution in [0, 0.1) is 13.8 Å². The second-order valence-electron chi connectivity index (χ2n) is 4.44. The molecule has 1 atom stereocenters. The van der Waals surface area contributed by atoms with E-state index in [0.717, 1.165) is 39.4 Å². The fourth-order valence-corrected chi connectivity index (χ4v) is 2.56. The van der Waals surface area contributed by atoms with Crippen molar-refractivity contribution in [1.82, 2.24) is 5.32 Å². The smallest absolute Gasteiger partial charge is 0.139 e. The van der Waals surface area contributed by atoms with E-state index in [-0.39, 0.29) is 6.04 Å². The fourth-order valence-electron chi connectivity index (χ4n) is 2.27. The van der Waals surface area contributed by atoms with Crippen molar-refractivity contribution in [1.29, 1.82) is 0 Å². The van der Waals surface area contributed by atoms with Crippen LogP contribution >= 0.6 is 11.6 Å². The molecule has 17 heavy (non-hydrogen) atoms. The quantitative estimate of drug-likeness (QED) is 0.876. The Labute approximate surface area is 107 Å². The van der Waals surface area contributed by atoms with Crippen molar-refractivity contribution in [2.24, 2.45) is 0 Å². The second-order valence-corrected chi connectivity index (χ2v) is 4.85. The van der Waals surface area contributed by atoms with Gasteiger partial charge in [0.2, 0.25) is 0 Å². The van der Waals surface area contributed by atoms with E-state index in [1.807, 2.05) is 19.1 Å². The number of aryl methyl sites for hydroxylation is 2. The summed E-state index contributed by atoms with van der Waals surface area (Å²) in [6.45, 7) is 9.23. The molecular formula is C14H18ClNO. The Morgan fingerprint density at radius 1 is 1.35 bits per heavy atom. The minimum atomic E-state index is 0.211. The molecule has 92 valence electrons. The molecular weight excluding hydrogens is 234 g/mol. The van der Waals surface area contributed by atoms with Gasteiger partial charge < -0.3 is 9.73 Å². The maximum atomic E-state index is 6.25. The van der Waals surface area contributed by atoms with E-state index < -0.39 is 0 Å². The molecule has 2 rings (SSSR count). The summed E-state index contributed by atoms with van der Waals surface area (Å²) < 4.78 is 5.98. The van der Waals surface area contributed by atoms with Crippen molar-refractivity contribution in [2.45, 2.75) is 33.7 Å². The normalized spacial score (nSPS) is 13.2. The third-order valence-corrected chi connectivity index (χ3v) is 3.48. The Hall–Kier alpha value is -0.990. The van der Waals surface area contributed by atoms with Crippen LogP contribution in [0.5, 0.6) is 0 Å². The number of halogens is 1. The van der Waals surface area contributed by atoms with E-state index in [9.17, 15) is 0 Å². The number of hydrogen-bond donors (Lipinski definition) is 1. The van der Waals surface area contributed by atoms with Crippen LogP contribution in [0.3, 0.4) is 0 Å². The molecule has 1 aromatic heterocycles. The third-order valence-electron chi connectivity index (χ3n) is 3.16. The van der Waals surface area contributed by atoms with Crippen LogP contribution in [0.4, 0.5) is 0 Å². The zero-order valence-electron chi connectivity index (χ0n) is 10.7. The number of fused-ring (bicyclic) bond motifs is 1. The Kier molecular flexibility index (Phi) is 3.45. The highest BCUT2D eigenvalue weighted by atomic mass is 35.5. The highest BCUT2D eigenvalue weighted by molar-refractivity contribution is 6.35. The zero-order valence-corrected chi connectivity index (χ0v) is 11.5. The van der Waals surface area contributed by atoms with Gasteiger partial charge >= 0.3 is 0 Å². The molecule has 0 bridgehead atoms. The van der Waals surface area contributed by atoms with Crippen molar-refractivity contribution in [3.8, 4) is 0 Å². The highest BCUT2D eigenvalue weighted by Crippen LogP contribution is 2.35. The minimum absolute atomic E-state index is 0.211. The van der Waals surface area contributed by atoms with E-state index in [0.29, 0.717) is 0 Å². The van der Waals surface area contributed by atoms with E-state index in [4.69, 9.17) is 16.0 Å². The molecule has 0 saturated carbocycles. The molecule has 3 heteroatoms. The Bertz CT molecular complexity index is 545. The third kappa shape index (κ3) is 2.07. The summed E-state index contributed by atoms with van der Waals surface area (Å²) in [5.74, 6) is 0.984. The fraction of sp³-hybridized carbons (Fsp3) is 0.429. The van der Waals surface area contributed by atoms with Gasteiger partial charge in [-0.25, -0.2) is 0 Å². The molecule has 2 nitrogen and oxygen atoms in total. The largest absolute Gasteiger partial charge is 0.459 e. The van der Waals surface area contributed by atoms with E-state index in [2.05, 4.69) is 26.1 Å². The van der Waals surface area contributed by atoms with Gasteiger partial charge in [0.15, 0.2) is 0 Å². The first-order valence-corrected chi connectivity index (χ1v) is 6.35. The lowest BCUT2D eigenvalue weighted by Gasteiger charge is -2.09. The van der Waals surface area contributed by atoms with Crippen molar-refractivity contribution >= 4 is 22.6 Å². The van der Waals surface area contributed by atoms with Gasteiger partial charge in [0.25, 0.3) is 0 Å². The number of benzene rings is 1. The number of nitrogens with one attached hydrogen (secondary N) is 1. The summed E-state index contributed by atoms with van der Waals surface area (Å²) in [5, 5.41) is 5.18. The van der Waals surface area contributed by atoms with E-state index in [1.165, 1.54) is 0 Å². The number of hydrogen-bond acceptors (Lipinski definition) is 2. The minimum Gasteiger partial charge on any atom is -0.459 e. The monoisotopic (exact) mass is 251 g/mol. The molecule has 0 aliphatic heterocycles. The Morgan fingerprint density at radius 3 is 2.65 bits per heavy atom. The summed E-state index contributed by atoms with van der Waals surface area (Å²) in [7, 11) is 0. The average molecular weight is 252 g/mol. The standard InChI is InChI=1S/C14H18ClNO/c1-5-16-10(4)14-9(3)12-11(15)7-6-8(2)13(12)17-14/h6-7,10,16H,5H2,1-4H3. The Balaban J connectivity index is 2.64. The maximum absolute atomic E-state index is 6.25. The highest BCUT2D eigenvalue weighted by Gasteiger charge is 2.18. The van der Waals surface area contributed by atoms with Crippen LogP contribution in [0.25, 0.3) is 11.0 Å². The number of rotatable bonds is 3. The van der Waals surface area contributed by atoms with Gasteiger partial charge in [-0.2, -0.15) is 0 Å². The van der Waals surface area contributed by atoms with Crippen molar-refractivity contribution in [2.75, 3.05) is 6.54 Å². The topological polar surface area (TPSA) is 25.2 Å². The summed E-state index contributed by atoms with van der Waals surface area (Å²) in [6.07, 6.45) is 0. The molecule has 0 spiro atoms. The SMILES string of the molecule is CCNC(C)c1oc2c(C)ccc(Cl)c2c1C. The van der Waals surface area contributed by atoms with Crippen molar-refractivity contribution in [3.05, 3.63) is 34.0 Å². The summed E-state index contributed by atoms with van der Waals surface area (Å²) in [5.41, 5.74) is 3.18. The first-order chi connectivity index (χ1) is 8.06. The van der Waals surface area contributed by atoms with Crippen LogP contribution in [-0.4, -0.2) is 6.54 Å². The number of furan rings is 1. The first kappa shape index (κ1) is 12.5. The van der Waals surface area contributed by atoms with Crippen LogP contribution in [-0.2, 0) is 0 Å². The summed E-state index contributed by atoms with van der Waals surface area (Å²) in [4.78, 5) is 0. The van der Waals surface area contributed by atoms with Gasteiger partial charge in [-0.3, -0.25) is 0 Å². The molecule has 0 saturated heterocycles. The van der Waals surface area contributed by atoms with Gasteiger partial charge in [-0.1, -0.05) is 24.6 Å². The van der Waals surface area contributed by atoms with Gasteiger partial charge in [0, 0.05) is 10.9 Å². The Morgan fingerprint density at radius 2 is 2.06 bits per heavy atom. The molecule has 1 N–H and O–H groups in total. The molecule has 0 aliphatic rings. The van der Waals surface area contributed by atoms with Crippen LogP contribution in [0.1, 0.15) is 36.8 Å². The molecule has 0 fully saturated rings. The van der Waals surface area contributed by atoms with Crippen LogP contribution in [0.2, 0.25) is 5.02 Å². The van der Waals surface area contributed by atoms with E-state index >= 15 is 0 Å². The lowest BCUT2D eigenvalue weighted by Crippen LogP contribution is -2.17. The molecule has 1 aromatic carbocycles. The predicted octanol–water partition coefficient (Wildman–Crippen LogP) is 4.37. The lowest BCUT2D eigenvalue weighted by atomic mass is 10.1. The molecule has 0 aliphatic carbocycles. The van der Waals surface area contributed by atoms with Crippen molar-refractivity contribution < 1.29 is 4.42 Å². The van der Waals surface area contributed by atoms with Gasteiger partial charge in [0.1, 0.15) is 11.3 Å². The summed E-state index contributed by atoms with van der Waals surface area (Å²) in [6, 6.07) is 4.14. The second kappa shape index (κ2) is 4.71.